The van der Waals surface area contributed by atoms with Crippen molar-refractivity contribution < 1.29 is 31.8 Å². The molecule has 10 heteroatoms. The molecule has 0 saturated carbocycles. The Balaban J connectivity index is 1.66. The highest BCUT2D eigenvalue weighted by Gasteiger charge is 2.29. The number of morpholine rings is 1. The number of fused-ring (bicyclic) bond motifs is 1. The summed E-state index contributed by atoms with van der Waals surface area (Å²) in [7, 11) is -2.43. The molecular weight excluding hydrogens is 448 g/mol. The van der Waals surface area contributed by atoms with Gasteiger partial charge in [0.25, 0.3) is 15.9 Å². The van der Waals surface area contributed by atoms with Gasteiger partial charge in [-0.1, -0.05) is 12.1 Å². The fraction of sp³-hybridized carbons (Fsp3) is 0.348. The molecule has 1 saturated heterocycles. The second-order valence-corrected chi connectivity index (χ2v) is 9.26. The summed E-state index contributed by atoms with van der Waals surface area (Å²) in [5.41, 5.74) is 1.21. The van der Waals surface area contributed by atoms with Crippen LogP contribution in [0.5, 0.6) is 5.75 Å². The van der Waals surface area contributed by atoms with Gasteiger partial charge in [0.15, 0.2) is 0 Å². The largest absolute Gasteiger partial charge is 0.491 e. The number of benzene rings is 2. The Bertz CT molecular complexity index is 1250. The highest BCUT2D eigenvalue weighted by Crippen LogP contribution is 2.34. The topological polar surface area (TPSA) is 107 Å². The molecule has 3 aromatic rings. The molecule has 0 bridgehead atoms. The minimum Gasteiger partial charge on any atom is -0.491 e. The molecule has 1 N–H and O–H groups in total. The Morgan fingerprint density at radius 3 is 2.61 bits per heavy atom. The molecule has 0 aliphatic carbocycles. The third-order valence-corrected chi connectivity index (χ3v) is 6.67. The quantitative estimate of drug-likeness (QED) is 0.500. The first kappa shape index (κ1) is 23.1. The smallest absolute Gasteiger partial charge is 0.291 e. The maximum absolute atomic E-state index is 13.3. The number of nitrogens with zero attached hydrogens (tertiary/aromatic N) is 1. The van der Waals surface area contributed by atoms with E-state index in [1.54, 1.807) is 49.3 Å². The standard InChI is InChI=1S/C23H26N2O7S/c1-16-15-17(7-8-19(16)31-14-13-29-2)33(27,28)24-21-18-5-3-4-6-20(18)32-22(21)23(26)25-9-11-30-12-10-25/h3-8,15,24H,9-14H2,1-2H3. The molecule has 0 spiro atoms. The number of methoxy groups -OCH3 is 1. The highest BCUT2D eigenvalue weighted by molar-refractivity contribution is 7.92. The number of amides is 1. The zero-order chi connectivity index (χ0) is 23.4. The van der Waals surface area contributed by atoms with E-state index < -0.39 is 10.0 Å². The van der Waals surface area contributed by atoms with Gasteiger partial charge in [-0.3, -0.25) is 9.52 Å². The van der Waals surface area contributed by atoms with Crippen LogP contribution < -0.4 is 9.46 Å². The Hall–Kier alpha value is -3.08. The maximum Gasteiger partial charge on any atom is 0.291 e. The Labute approximate surface area is 192 Å². The third kappa shape index (κ3) is 4.97. The zero-order valence-electron chi connectivity index (χ0n) is 18.5. The molecular formula is C23H26N2O7S. The molecule has 176 valence electrons. The molecule has 1 amide bonds. The lowest BCUT2D eigenvalue weighted by Crippen LogP contribution is -2.40. The lowest BCUT2D eigenvalue weighted by molar-refractivity contribution is 0.0285. The van der Waals surface area contributed by atoms with Crippen molar-refractivity contribution in [3.8, 4) is 5.75 Å². The molecule has 0 radical (unpaired) electrons. The van der Waals surface area contributed by atoms with Crippen LogP contribution in [0.3, 0.4) is 0 Å². The summed E-state index contributed by atoms with van der Waals surface area (Å²) in [4.78, 5) is 14.8. The first-order chi connectivity index (χ1) is 15.9. The van der Waals surface area contributed by atoms with Gasteiger partial charge in [0.05, 0.1) is 24.7 Å². The monoisotopic (exact) mass is 474 g/mol. The number of ether oxygens (including phenoxy) is 3. The van der Waals surface area contributed by atoms with Gasteiger partial charge >= 0.3 is 0 Å². The van der Waals surface area contributed by atoms with Crippen molar-refractivity contribution in [2.75, 3.05) is 51.3 Å². The molecule has 1 aromatic heterocycles. The van der Waals surface area contributed by atoms with Crippen molar-refractivity contribution in [1.29, 1.82) is 0 Å². The van der Waals surface area contributed by atoms with E-state index in [1.165, 1.54) is 12.1 Å². The molecule has 1 aliphatic heterocycles. The number of sulfonamides is 1. The molecule has 2 heterocycles. The number of para-hydroxylation sites is 1. The third-order valence-electron chi connectivity index (χ3n) is 5.33. The van der Waals surface area contributed by atoms with E-state index in [-0.39, 0.29) is 22.3 Å². The van der Waals surface area contributed by atoms with Crippen LogP contribution in [0.2, 0.25) is 0 Å². The van der Waals surface area contributed by atoms with Gasteiger partial charge in [-0.15, -0.1) is 0 Å². The van der Waals surface area contributed by atoms with E-state index in [4.69, 9.17) is 18.6 Å². The number of anilines is 1. The highest BCUT2D eigenvalue weighted by atomic mass is 32.2. The van der Waals surface area contributed by atoms with Gasteiger partial charge in [0.1, 0.15) is 23.6 Å². The van der Waals surface area contributed by atoms with Crippen LogP contribution in [0.25, 0.3) is 11.0 Å². The van der Waals surface area contributed by atoms with Crippen molar-refractivity contribution >= 4 is 32.6 Å². The lowest BCUT2D eigenvalue weighted by atomic mass is 10.2. The summed E-state index contributed by atoms with van der Waals surface area (Å²) in [6, 6.07) is 11.5. The van der Waals surface area contributed by atoms with Crippen LogP contribution in [0.1, 0.15) is 16.1 Å². The van der Waals surface area contributed by atoms with Gasteiger partial charge in [-0.25, -0.2) is 8.42 Å². The first-order valence-electron chi connectivity index (χ1n) is 10.5. The first-order valence-corrected chi connectivity index (χ1v) is 12.0. The van der Waals surface area contributed by atoms with Crippen molar-refractivity contribution in [2.45, 2.75) is 11.8 Å². The maximum atomic E-state index is 13.3. The molecule has 4 rings (SSSR count). The number of aryl methyl sites for hydroxylation is 1. The predicted molar refractivity (Wildman–Crippen MR) is 122 cm³/mol. The zero-order valence-corrected chi connectivity index (χ0v) is 19.3. The Kier molecular flexibility index (Phi) is 6.87. The average Bonchev–Trinajstić information content (AvgIpc) is 3.18. The average molecular weight is 475 g/mol. The van der Waals surface area contributed by atoms with E-state index in [0.29, 0.717) is 61.8 Å². The van der Waals surface area contributed by atoms with Gasteiger partial charge < -0.3 is 23.5 Å². The Morgan fingerprint density at radius 1 is 1.12 bits per heavy atom. The number of hydrogen-bond acceptors (Lipinski definition) is 7. The van der Waals surface area contributed by atoms with Gasteiger partial charge in [-0.2, -0.15) is 0 Å². The van der Waals surface area contributed by atoms with E-state index in [0.717, 1.165) is 0 Å². The van der Waals surface area contributed by atoms with Gasteiger partial charge in [-0.05, 0) is 42.8 Å². The number of furan rings is 1. The molecule has 0 atom stereocenters. The van der Waals surface area contributed by atoms with Crippen molar-refractivity contribution in [3.05, 3.63) is 53.8 Å². The van der Waals surface area contributed by atoms with Crippen LogP contribution in [0.4, 0.5) is 5.69 Å². The summed E-state index contributed by atoms with van der Waals surface area (Å²) >= 11 is 0. The predicted octanol–water partition coefficient (Wildman–Crippen LogP) is 3.04. The fourth-order valence-electron chi connectivity index (χ4n) is 3.59. The summed E-state index contributed by atoms with van der Waals surface area (Å²) in [6.07, 6.45) is 0. The number of rotatable bonds is 8. The summed E-state index contributed by atoms with van der Waals surface area (Å²) in [6.45, 7) is 4.21. The molecule has 1 aliphatic rings. The Morgan fingerprint density at radius 2 is 1.88 bits per heavy atom. The van der Waals surface area contributed by atoms with Crippen LogP contribution in [-0.2, 0) is 19.5 Å². The molecule has 0 unspecified atom stereocenters. The fourth-order valence-corrected chi connectivity index (χ4v) is 4.76. The SMILES string of the molecule is COCCOc1ccc(S(=O)(=O)Nc2c(C(=O)N3CCOCC3)oc3ccccc23)cc1C. The normalized spacial score (nSPS) is 14.4. The molecule has 1 fully saturated rings. The van der Waals surface area contributed by atoms with E-state index in [2.05, 4.69) is 4.72 Å². The van der Waals surface area contributed by atoms with Crippen LogP contribution in [0.15, 0.2) is 51.8 Å². The van der Waals surface area contributed by atoms with Crippen molar-refractivity contribution in [3.63, 3.8) is 0 Å². The molecule has 9 nitrogen and oxygen atoms in total. The number of hydrogen-bond donors (Lipinski definition) is 1. The van der Waals surface area contributed by atoms with E-state index in [1.807, 2.05) is 0 Å². The number of carbonyl (C=O) groups excluding carboxylic acids is 1. The van der Waals surface area contributed by atoms with Crippen molar-refractivity contribution in [1.82, 2.24) is 4.90 Å². The number of carbonyl (C=O) groups is 1. The van der Waals surface area contributed by atoms with Crippen molar-refractivity contribution in [2.24, 2.45) is 0 Å². The summed E-state index contributed by atoms with van der Waals surface area (Å²) in [5.74, 6) is 0.145. The van der Waals surface area contributed by atoms with Crippen LogP contribution >= 0.6 is 0 Å². The van der Waals surface area contributed by atoms with Gasteiger partial charge in [0, 0.05) is 25.6 Å². The second-order valence-electron chi connectivity index (χ2n) is 7.58. The number of nitrogens with one attached hydrogen (secondary N) is 1. The summed E-state index contributed by atoms with van der Waals surface area (Å²) in [5, 5.41) is 0.508. The second kappa shape index (κ2) is 9.82. The lowest BCUT2D eigenvalue weighted by Gasteiger charge is -2.26. The van der Waals surface area contributed by atoms with Crippen LogP contribution in [0, 0.1) is 6.92 Å². The minimum atomic E-state index is -4.01. The summed E-state index contributed by atoms with van der Waals surface area (Å²) < 4.78 is 50.8. The molecule has 2 aromatic carbocycles. The van der Waals surface area contributed by atoms with E-state index >= 15 is 0 Å². The van der Waals surface area contributed by atoms with Crippen LogP contribution in [-0.4, -0.2) is 65.9 Å². The van der Waals surface area contributed by atoms with Gasteiger partial charge in [0.2, 0.25) is 5.76 Å². The minimum absolute atomic E-state index is 0.0436. The molecule has 33 heavy (non-hydrogen) atoms. The van der Waals surface area contributed by atoms with E-state index in [9.17, 15) is 13.2 Å².